The highest BCUT2D eigenvalue weighted by atomic mass is 16.5. The molecule has 1 aromatic heterocycles. The smallest absolute Gasteiger partial charge is 0.392 e. The van der Waals surface area contributed by atoms with E-state index >= 15 is 0 Å². The van der Waals surface area contributed by atoms with E-state index in [2.05, 4.69) is 4.98 Å². The number of aromatic carboxylic acids is 1. The first-order chi connectivity index (χ1) is 8.15. The number of aromatic nitrogens is 1. The number of aromatic hydroxyl groups is 1. The Balaban J connectivity index is 2.00. The van der Waals surface area contributed by atoms with E-state index in [9.17, 15) is 9.90 Å². The maximum atomic E-state index is 10.5. The van der Waals surface area contributed by atoms with E-state index in [1.165, 1.54) is 18.4 Å². The highest BCUT2D eigenvalue weighted by molar-refractivity contribution is 5.82. The van der Waals surface area contributed by atoms with Crippen LogP contribution >= 0.6 is 0 Å². The van der Waals surface area contributed by atoms with E-state index in [0.717, 1.165) is 0 Å². The number of nitrogens with zero attached hydrogens (tertiary/aromatic N) is 1. The first-order valence-electron chi connectivity index (χ1n) is 4.74. The van der Waals surface area contributed by atoms with Gasteiger partial charge in [-0.15, -0.1) is 0 Å². The molecule has 0 atom stereocenters. The summed E-state index contributed by atoms with van der Waals surface area (Å²) in [6.45, 7) is 0.0697. The van der Waals surface area contributed by atoms with Gasteiger partial charge in [-0.05, 0) is 12.1 Å². The predicted octanol–water partition coefficient (Wildman–Crippen LogP) is 1.66. The molecule has 0 spiro atoms. The summed E-state index contributed by atoms with van der Waals surface area (Å²) < 4.78 is 9.99. The first-order valence-corrected chi connectivity index (χ1v) is 4.74. The fraction of sp³-hybridized carbons (Fsp3) is 0.0909. The van der Waals surface area contributed by atoms with Gasteiger partial charge in [-0.2, -0.15) is 0 Å². The molecule has 2 rings (SSSR count). The molecule has 0 bridgehead atoms. The molecule has 0 fully saturated rings. The van der Waals surface area contributed by atoms with Crippen LogP contribution in [-0.2, 0) is 6.61 Å². The standard InChI is InChI=1S/C11H9NO5/c13-8-2-1-3-9(4-8)16-5-7-6-17-10(12-7)11(14)15/h1-4,6,13H,5H2,(H,14,15). The minimum atomic E-state index is -1.23. The zero-order valence-corrected chi connectivity index (χ0v) is 8.66. The van der Waals surface area contributed by atoms with E-state index in [1.54, 1.807) is 12.1 Å². The molecule has 0 unspecified atom stereocenters. The number of carboxylic acids is 1. The molecule has 2 aromatic rings. The molecule has 0 saturated heterocycles. The third kappa shape index (κ3) is 2.75. The highest BCUT2D eigenvalue weighted by Crippen LogP contribution is 2.18. The summed E-state index contributed by atoms with van der Waals surface area (Å²) in [5, 5.41) is 17.8. The minimum Gasteiger partial charge on any atom is -0.508 e. The van der Waals surface area contributed by atoms with Crippen molar-refractivity contribution in [3.05, 3.63) is 42.1 Å². The molecule has 0 saturated carbocycles. The number of phenolic OH excluding ortho intramolecular Hbond substituents is 1. The van der Waals surface area contributed by atoms with E-state index in [1.807, 2.05) is 0 Å². The molecular formula is C11H9NO5. The van der Waals surface area contributed by atoms with Crippen LogP contribution in [0.3, 0.4) is 0 Å². The Labute approximate surface area is 96.1 Å². The van der Waals surface area contributed by atoms with Crippen LogP contribution in [0.15, 0.2) is 34.9 Å². The number of oxazole rings is 1. The Bertz CT molecular complexity index is 534. The SMILES string of the molecule is O=C(O)c1nc(COc2cccc(O)c2)co1. The number of carboxylic acid groups (broad SMARTS) is 1. The van der Waals surface area contributed by atoms with Crippen LogP contribution in [0.25, 0.3) is 0 Å². The van der Waals surface area contributed by atoms with Crippen molar-refractivity contribution in [3.8, 4) is 11.5 Å². The van der Waals surface area contributed by atoms with Gasteiger partial charge in [0.05, 0.1) is 0 Å². The van der Waals surface area contributed by atoms with Crippen LogP contribution in [0, 0.1) is 0 Å². The van der Waals surface area contributed by atoms with E-state index in [-0.39, 0.29) is 18.2 Å². The molecule has 17 heavy (non-hydrogen) atoms. The van der Waals surface area contributed by atoms with Crippen molar-refractivity contribution in [2.45, 2.75) is 6.61 Å². The molecule has 6 heteroatoms. The average Bonchev–Trinajstić information content (AvgIpc) is 2.75. The highest BCUT2D eigenvalue weighted by Gasteiger charge is 2.11. The van der Waals surface area contributed by atoms with Crippen LogP contribution < -0.4 is 4.74 Å². The van der Waals surface area contributed by atoms with Crippen molar-refractivity contribution in [1.82, 2.24) is 4.98 Å². The lowest BCUT2D eigenvalue weighted by atomic mass is 10.3. The van der Waals surface area contributed by atoms with Gasteiger partial charge >= 0.3 is 11.9 Å². The number of ether oxygens (including phenoxy) is 1. The minimum absolute atomic E-state index is 0.0697. The number of carbonyl (C=O) groups is 1. The Morgan fingerprint density at radius 2 is 2.29 bits per heavy atom. The zero-order valence-electron chi connectivity index (χ0n) is 8.66. The maximum Gasteiger partial charge on any atom is 0.392 e. The Morgan fingerprint density at radius 1 is 1.47 bits per heavy atom. The summed E-state index contributed by atoms with van der Waals surface area (Å²) in [7, 11) is 0. The van der Waals surface area contributed by atoms with Crippen LogP contribution in [0.2, 0.25) is 0 Å². The summed E-state index contributed by atoms with van der Waals surface area (Å²) in [6.07, 6.45) is 1.21. The lowest BCUT2D eigenvalue weighted by Gasteiger charge is -2.03. The Hall–Kier alpha value is -2.50. The zero-order chi connectivity index (χ0) is 12.3. The van der Waals surface area contributed by atoms with E-state index in [4.69, 9.17) is 14.3 Å². The summed E-state index contributed by atoms with van der Waals surface area (Å²) in [6, 6.07) is 6.26. The van der Waals surface area contributed by atoms with Gasteiger partial charge in [0.1, 0.15) is 30.1 Å². The van der Waals surface area contributed by atoms with Crippen molar-refractivity contribution < 1.29 is 24.2 Å². The van der Waals surface area contributed by atoms with Gasteiger partial charge in [0.15, 0.2) is 0 Å². The van der Waals surface area contributed by atoms with E-state index < -0.39 is 5.97 Å². The molecule has 1 aromatic carbocycles. The largest absolute Gasteiger partial charge is 0.508 e. The van der Waals surface area contributed by atoms with Gasteiger partial charge in [0.2, 0.25) is 0 Å². The Morgan fingerprint density at radius 3 is 2.94 bits per heavy atom. The number of hydrogen-bond acceptors (Lipinski definition) is 5. The van der Waals surface area contributed by atoms with Gasteiger partial charge in [-0.1, -0.05) is 6.07 Å². The molecule has 0 aliphatic carbocycles. The van der Waals surface area contributed by atoms with Crippen molar-refractivity contribution in [1.29, 1.82) is 0 Å². The average molecular weight is 235 g/mol. The molecule has 0 aliphatic heterocycles. The van der Waals surface area contributed by atoms with Crippen molar-refractivity contribution in [2.75, 3.05) is 0 Å². The van der Waals surface area contributed by atoms with E-state index in [0.29, 0.717) is 11.4 Å². The monoisotopic (exact) mass is 235 g/mol. The summed E-state index contributed by atoms with van der Waals surface area (Å²) in [4.78, 5) is 14.2. The second kappa shape index (κ2) is 4.56. The molecule has 0 aliphatic rings. The van der Waals surface area contributed by atoms with Gasteiger partial charge in [-0.25, -0.2) is 9.78 Å². The van der Waals surface area contributed by atoms with Gasteiger partial charge < -0.3 is 19.4 Å². The molecule has 1 heterocycles. The lowest BCUT2D eigenvalue weighted by Crippen LogP contribution is -1.99. The van der Waals surface area contributed by atoms with Crippen molar-refractivity contribution in [2.24, 2.45) is 0 Å². The molecule has 88 valence electrons. The predicted molar refractivity (Wildman–Crippen MR) is 55.9 cm³/mol. The van der Waals surface area contributed by atoms with Crippen LogP contribution in [0.1, 0.15) is 16.4 Å². The molecule has 2 N–H and O–H groups in total. The third-order valence-electron chi connectivity index (χ3n) is 1.94. The number of phenols is 1. The molecule has 0 radical (unpaired) electrons. The molecular weight excluding hydrogens is 226 g/mol. The van der Waals surface area contributed by atoms with Crippen molar-refractivity contribution >= 4 is 5.97 Å². The maximum absolute atomic E-state index is 10.5. The quantitative estimate of drug-likeness (QED) is 0.837. The molecule has 0 amide bonds. The van der Waals surface area contributed by atoms with Gasteiger partial charge in [-0.3, -0.25) is 0 Å². The summed E-state index contributed by atoms with van der Waals surface area (Å²) in [5.74, 6) is -1.05. The van der Waals surface area contributed by atoms with Crippen molar-refractivity contribution in [3.63, 3.8) is 0 Å². The summed E-state index contributed by atoms with van der Waals surface area (Å²) in [5.41, 5.74) is 0.366. The first kappa shape index (κ1) is 11.0. The normalized spacial score (nSPS) is 10.1. The third-order valence-corrected chi connectivity index (χ3v) is 1.94. The van der Waals surface area contributed by atoms with Gasteiger partial charge in [0, 0.05) is 6.07 Å². The number of benzene rings is 1. The summed E-state index contributed by atoms with van der Waals surface area (Å²) >= 11 is 0. The number of hydrogen-bond donors (Lipinski definition) is 2. The second-order valence-electron chi connectivity index (χ2n) is 3.24. The molecule has 6 nitrogen and oxygen atoms in total. The fourth-order valence-corrected chi connectivity index (χ4v) is 1.20. The van der Waals surface area contributed by atoms with Crippen LogP contribution in [0.5, 0.6) is 11.5 Å². The van der Waals surface area contributed by atoms with Crippen LogP contribution in [-0.4, -0.2) is 21.2 Å². The van der Waals surface area contributed by atoms with Gasteiger partial charge in [0.25, 0.3) is 0 Å². The number of rotatable bonds is 4. The lowest BCUT2D eigenvalue weighted by molar-refractivity contribution is 0.0653. The Kier molecular flexibility index (Phi) is 2.95. The van der Waals surface area contributed by atoms with Crippen LogP contribution in [0.4, 0.5) is 0 Å². The second-order valence-corrected chi connectivity index (χ2v) is 3.24. The topological polar surface area (TPSA) is 92.8 Å². The fourth-order valence-electron chi connectivity index (χ4n) is 1.20.